The van der Waals surface area contributed by atoms with Crippen molar-refractivity contribution in [3.8, 4) is 0 Å². The number of halogens is 1. The number of carbonyl (C=O) groups excluding carboxylic acids is 1. The number of hydrogen-bond acceptors (Lipinski definition) is 4. The summed E-state index contributed by atoms with van der Waals surface area (Å²) >= 11 is 1.82. The molecule has 0 amide bonds. The van der Waals surface area contributed by atoms with Gasteiger partial charge in [-0.25, -0.2) is 0 Å². The minimum Gasteiger partial charge on any atom is -0.469 e. The van der Waals surface area contributed by atoms with Crippen molar-refractivity contribution >= 4 is 47.7 Å². The fourth-order valence-electron chi connectivity index (χ4n) is 2.21. The number of thioether (sulfide) groups is 1. The molecule has 0 aromatic rings. The smallest absolute Gasteiger partial charge is 0.308 e. The molecule has 21 heavy (non-hydrogen) atoms. The Morgan fingerprint density at radius 1 is 1.48 bits per heavy atom. The number of aliphatic imine (C=N–C) groups is 1. The van der Waals surface area contributed by atoms with Crippen LogP contribution in [0.15, 0.2) is 4.99 Å². The molecule has 0 saturated carbocycles. The number of rotatable bonds is 5. The minimum atomic E-state index is -0.0809. The Bertz CT molecular complexity index is 334. The van der Waals surface area contributed by atoms with Gasteiger partial charge in [-0.05, 0) is 26.0 Å². The number of ether oxygens (including phenoxy) is 1. The van der Waals surface area contributed by atoms with Crippen molar-refractivity contribution in [3.05, 3.63) is 0 Å². The first-order chi connectivity index (χ1) is 9.62. The maximum atomic E-state index is 11.5. The van der Waals surface area contributed by atoms with Crippen LogP contribution in [-0.2, 0) is 9.53 Å². The number of nitrogens with one attached hydrogen (secondary N) is 1. The molecule has 1 atom stereocenters. The number of methoxy groups -OCH3 is 1. The minimum absolute atomic E-state index is 0. The molecule has 1 N–H and O–H groups in total. The van der Waals surface area contributed by atoms with Gasteiger partial charge in [-0.2, -0.15) is 11.8 Å². The molecule has 1 rings (SSSR count). The normalized spacial score (nSPS) is 17.9. The Morgan fingerprint density at radius 3 is 2.57 bits per heavy atom. The first kappa shape index (κ1) is 20.8. The highest BCUT2D eigenvalue weighted by Crippen LogP contribution is 2.18. The average molecular weight is 429 g/mol. The fourth-order valence-corrected chi connectivity index (χ4v) is 2.43. The molecule has 5 nitrogen and oxygen atoms in total. The van der Waals surface area contributed by atoms with Gasteiger partial charge in [0.1, 0.15) is 0 Å². The monoisotopic (exact) mass is 429 g/mol. The van der Waals surface area contributed by atoms with E-state index < -0.39 is 0 Å². The van der Waals surface area contributed by atoms with Gasteiger partial charge < -0.3 is 15.0 Å². The van der Waals surface area contributed by atoms with E-state index in [1.165, 1.54) is 7.11 Å². The number of hydrogen-bond donors (Lipinski definition) is 1. The first-order valence-corrected chi connectivity index (χ1v) is 8.55. The Hall–Kier alpha value is -0.180. The molecule has 0 aliphatic carbocycles. The molecule has 1 saturated heterocycles. The summed E-state index contributed by atoms with van der Waals surface area (Å²) in [6.07, 6.45) is 3.79. The van der Waals surface area contributed by atoms with E-state index in [1.54, 1.807) is 0 Å². The second-order valence-electron chi connectivity index (χ2n) is 5.03. The molecule has 1 aliphatic rings. The summed E-state index contributed by atoms with van der Waals surface area (Å²) in [6.45, 7) is 7.66. The zero-order chi connectivity index (χ0) is 15.0. The summed E-state index contributed by atoms with van der Waals surface area (Å²) in [7, 11) is 1.46. The molecule has 1 fully saturated rings. The van der Waals surface area contributed by atoms with Crippen molar-refractivity contribution in [2.45, 2.75) is 31.9 Å². The Kier molecular flexibility index (Phi) is 11.3. The number of piperidine rings is 1. The third-order valence-corrected chi connectivity index (χ3v) is 4.52. The molecular weight excluding hydrogens is 401 g/mol. The third-order valence-electron chi connectivity index (χ3n) is 3.56. The Balaban J connectivity index is 0.00000400. The second-order valence-corrected chi connectivity index (χ2v) is 6.30. The van der Waals surface area contributed by atoms with E-state index in [2.05, 4.69) is 30.3 Å². The van der Waals surface area contributed by atoms with E-state index in [9.17, 15) is 4.79 Å². The van der Waals surface area contributed by atoms with Crippen molar-refractivity contribution in [3.63, 3.8) is 0 Å². The van der Waals surface area contributed by atoms with E-state index in [0.29, 0.717) is 5.25 Å². The number of likely N-dealkylation sites (tertiary alicyclic amines) is 1. The van der Waals surface area contributed by atoms with E-state index in [-0.39, 0.29) is 35.9 Å². The molecule has 0 aromatic heterocycles. The summed E-state index contributed by atoms with van der Waals surface area (Å²) < 4.78 is 4.82. The summed E-state index contributed by atoms with van der Waals surface area (Å²) in [5.74, 6) is 0.934. The summed E-state index contributed by atoms with van der Waals surface area (Å²) in [4.78, 5) is 18.5. The topological polar surface area (TPSA) is 53.9 Å². The number of esters is 1. The van der Waals surface area contributed by atoms with Crippen LogP contribution in [0.25, 0.3) is 0 Å². The molecule has 1 unspecified atom stereocenters. The molecule has 1 heterocycles. The zero-order valence-corrected chi connectivity index (χ0v) is 16.6. The van der Waals surface area contributed by atoms with Crippen molar-refractivity contribution in [1.82, 2.24) is 10.2 Å². The van der Waals surface area contributed by atoms with Crippen LogP contribution in [0.2, 0.25) is 0 Å². The highest BCUT2D eigenvalue weighted by atomic mass is 127. The van der Waals surface area contributed by atoms with Crippen LogP contribution >= 0.6 is 35.7 Å². The Labute approximate surface area is 149 Å². The highest BCUT2D eigenvalue weighted by Gasteiger charge is 2.26. The zero-order valence-electron chi connectivity index (χ0n) is 13.4. The van der Waals surface area contributed by atoms with Crippen LogP contribution < -0.4 is 5.32 Å². The molecule has 0 radical (unpaired) electrons. The van der Waals surface area contributed by atoms with Crippen molar-refractivity contribution in [2.24, 2.45) is 10.9 Å². The standard InChI is InChI=1S/C14H27N3O2S.HI/c1-5-15-14(16-10-11(2)20-4)17-8-6-12(7-9-17)13(18)19-3;/h11-12H,5-10H2,1-4H3,(H,15,16);1H. The maximum absolute atomic E-state index is 11.5. The van der Waals surface area contributed by atoms with Crippen LogP contribution in [0.1, 0.15) is 26.7 Å². The van der Waals surface area contributed by atoms with Crippen molar-refractivity contribution < 1.29 is 9.53 Å². The second kappa shape index (κ2) is 11.4. The number of guanidine groups is 1. The lowest BCUT2D eigenvalue weighted by Gasteiger charge is -2.33. The highest BCUT2D eigenvalue weighted by molar-refractivity contribution is 14.0. The average Bonchev–Trinajstić information content (AvgIpc) is 2.50. The van der Waals surface area contributed by atoms with Gasteiger partial charge >= 0.3 is 5.97 Å². The van der Waals surface area contributed by atoms with E-state index in [0.717, 1.165) is 45.0 Å². The SMILES string of the molecule is CCNC(=NCC(C)SC)N1CCC(C(=O)OC)CC1.I. The molecule has 0 aromatic carbocycles. The molecule has 7 heteroatoms. The predicted octanol–water partition coefficient (Wildman–Crippen LogP) is 2.21. The largest absolute Gasteiger partial charge is 0.469 e. The van der Waals surface area contributed by atoms with Gasteiger partial charge in [0, 0.05) is 24.9 Å². The summed E-state index contributed by atoms with van der Waals surface area (Å²) in [6, 6.07) is 0. The van der Waals surface area contributed by atoms with Crippen LogP contribution in [0.4, 0.5) is 0 Å². The summed E-state index contributed by atoms with van der Waals surface area (Å²) in [5, 5.41) is 3.86. The number of carbonyl (C=O) groups is 1. The predicted molar refractivity (Wildman–Crippen MR) is 101 cm³/mol. The van der Waals surface area contributed by atoms with Crippen LogP contribution in [0, 0.1) is 5.92 Å². The van der Waals surface area contributed by atoms with Gasteiger partial charge in [-0.1, -0.05) is 6.92 Å². The van der Waals surface area contributed by atoms with Gasteiger partial charge in [0.25, 0.3) is 0 Å². The molecular formula is C14H28IN3O2S. The molecule has 1 aliphatic heterocycles. The van der Waals surface area contributed by atoms with Gasteiger partial charge in [0.05, 0.1) is 19.6 Å². The van der Waals surface area contributed by atoms with Crippen LogP contribution in [0.3, 0.4) is 0 Å². The third kappa shape index (κ3) is 7.08. The van der Waals surface area contributed by atoms with Crippen molar-refractivity contribution in [1.29, 1.82) is 0 Å². The first-order valence-electron chi connectivity index (χ1n) is 7.26. The Morgan fingerprint density at radius 2 is 2.10 bits per heavy atom. The van der Waals surface area contributed by atoms with Gasteiger partial charge in [0.2, 0.25) is 0 Å². The fraction of sp³-hybridized carbons (Fsp3) is 0.857. The van der Waals surface area contributed by atoms with E-state index in [4.69, 9.17) is 9.73 Å². The van der Waals surface area contributed by atoms with Crippen LogP contribution in [0.5, 0.6) is 0 Å². The molecule has 124 valence electrons. The number of nitrogens with zero attached hydrogens (tertiary/aromatic N) is 2. The van der Waals surface area contributed by atoms with Gasteiger partial charge in [-0.15, -0.1) is 24.0 Å². The molecule has 0 bridgehead atoms. The van der Waals surface area contributed by atoms with Gasteiger partial charge in [-0.3, -0.25) is 9.79 Å². The maximum Gasteiger partial charge on any atom is 0.308 e. The van der Waals surface area contributed by atoms with Crippen molar-refractivity contribution in [2.75, 3.05) is 39.5 Å². The molecule has 0 spiro atoms. The van der Waals surface area contributed by atoms with E-state index >= 15 is 0 Å². The lowest BCUT2D eigenvalue weighted by Crippen LogP contribution is -2.46. The lowest BCUT2D eigenvalue weighted by atomic mass is 9.97. The summed E-state index contributed by atoms with van der Waals surface area (Å²) in [5.41, 5.74) is 0. The quantitative estimate of drug-likeness (QED) is 0.314. The lowest BCUT2D eigenvalue weighted by molar-refractivity contribution is -0.146. The van der Waals surface area contributed by atoms with Gasteiger partial charge in [0.15, 0.2) is 5.96 Å². The van der Waals surface area contributed by atoms with E-state index in [1.807, 2.05) is 11.8 Å². The van der Waals surface area contributed by atoms with Crippen LogP contribution in [-0.4, -0.2) is 61.6 Å².